The Labute approximate surface area is 234 Å². The summed E-state index contributed by atoms with van der Waals surface area (Å²) in [6, 6.07) is -0.0779. The van der Waals surface area contributed by atoms with E-state index in [0.29, 0.717) is 5.92 Å². The maximum absolute atomic E-state index is 13.0. The summed E-state index contributed by atoms with van der Waals surface area (Å²) in [5, 5.41) is 3.43. The highest BCUT2D eigenvalue weighted by atomic mass is 16.6. The SMILES string of the molecule is COC(=O)[C@]1(C)CC[C@]2(C)CC[C@]3(C)C4=CC=C5C(=CC6NCC(=O)OC6[C@@]5(C)OC)[C@]4(C)CC[C@@]3(C)[C@@H]2C1. The quantitative estimate of drug-likeness (QED) is 0.458. The first kappa shape index (κ1) is 27.3. The fourth-order valence-electron chi connectivity index (χ4n) is 10.2. The lowest BCUT2D eigenvalue weighted by atomic mass is 9.34. The summed E-state index contributed by atoms with van der Waals surface area (Å²) in [5.41, 5.74) is 3.06. The molecule has 6 aliphatic rings. The zero-order valence-corrected chi connectivity index (χ0v) is 25.2. The predicted octanol–water partition coefficient (Wildman–Crippen LogP) is 5.67. The van der Waals surface area contributed by atoms with Crippen molar-refractivity contribution in [3.8, 4) is 0 Å². The molecule has 3 saturated carbocycles. The van der Waals surface area contributed by atoms with Crippen LogP contribution in [-0.2, 0) is 23.8 Å². The molecule has 6 heteroatoms. The van der Waals surface area contributed by atoms with Crippen molar-refractivity contribution in [2.45, 2.75) is 104 Å². The first-order valence-corrected chi connectivity index (χ1v) is 14.9. The molecule has 1 N–H and O–H groups in total. The van der Waals surface area contributed by atoms with Crippen LogP contribution < -0.4 is 5.32 Å². The van der Waals surface area contributed by atoms with E-state index in [1.165, 1.54) is 24.7 Å². The second-order valence-electron chi connectivity index (χ2n) is 14.9. The smallest absolute Gasteiger partial charge is 0.320 e. The Kier molecular flexibility index (Phi) is 5.81. The summed E-state index contributed by atoms with van der Waals surface area (Å²) in [6.45, 7) is 14.4. The molecule has 0 aromatic rings. The second kappa shape index (κ2) is 8.31. The van der Waals surface area contributed by atoms with Crippen molar-refractivity contribution in [3.05, 3.63) is 34.9 Å². The molecular formula is C33H47NO5. The average molecular weight is 538 g/mol. The van der Waals surface area contributed by atoms with Gasteiger partial charge < -0.3 is 14.2 Å². The van der Waals surface area contributed by atoms with Crippen molar-refractivity contribution < 1.29 is 23.8 Å². The lowest BCUT2D eigenvalue weighted by Gasteiger charge is -2.70. The van der Waals surface area contributed by atoms with Crippen LogP contribution in [0, 0.1) is 33.0 Å². The van der Waals surface area contributed by atoms with E-state index in [-0.39, 0.29) is 46.2 Å². The topological polar surface area (TPSA) is 73.9 Å². The zero-order valence-electron chi connectivity index (χ0n) is 25.2. The molecule has 9 atom stereocenters. The number of fused-ring (bicyclic) bond motifs is 8. The fraction of sp³-hybridized carbons (Fsp3) is 0.758. The van der Waals surface area contributed by atoms with Crippen LogP contribution >= 0.6 is 0 Å². The van der Waals surface area contributed by atoms with Gasteiger partial charge in [-0.05, 0) is 92.1 Å². The van der Waals surface area contributed by atoms with Gasteiger partial charge in [0.25, 0.3) is 0 Å². The van der Waals surface area contributed by atoms with Gasteiger partial charge in [0.15, 0.2) is 6.10 Å². The van der Waals surface area contributed by atoms with Crippen molar-refractivity contribution in [3.63, 3.8) is 0 Å². The highest BCUT2D eigenvalue weighted by Crippen LogP contribution is 2.75. The maximum atomic E-state index is 13.0. The molecule has 0 spiro atoms. The van der Waals surface area contributed by atoms with Gasteiger partial charge in [-0.15, -0.1) is 0 Å². The molecule has 0 amide bonds. The largest absolute Gasteiger partial charge is 0.469 e. The normalized spacial score (nSPS) is 50.4. The van der Waals surface area contributed by atoms with E-state index in [9.17, 15) is 9.59 Å². The zero-order chi connectivity index (χ0) is 28.2. The van der Waals surface area contributed by atoms with Gasteiger partial charge in [0.2, 0.25) is 0 Å². The lowest BCUT2D eigenvalue weighted by Crippen LogP contribution is -2.65. The van der Waals surface area contributed by atoms with E-state index in [0.717, 1.165) is 44.1 Å². The third-order valence-electron chi connectivity index (χ3n) is 13.2. The number of morpholine rings is 1. The van der Waals surface area contributed by atoms with Crippen LogP contribution in [-0.4, -0.2) is 50.4 Å². The lowest BCUT2D eigenvalue weighted by molar-refractivity contribution is -0.181. The van der Waals surface area contributed by atoms with Crippen molar-refractivity contribution >= 4 is 11.9 Å². The van der Waals surface area contributed by atoms with Crippen LogP contribution in [0.25, 0.3) is 0 Å². The molecule has 5 aliphatic carbocycles. The molecule has 2 unspecified atom stereocenters. The minimum atomic E-state index is -0.721. The van der Waals surface area contributed by atoms with Crippen molar-refractivity contribution in [1.29, 1.82) is 0 Å². The molecule has 0 radical (unpaired) electrons. The number of rotatable bonds is 2. The van der Waals surface area contributed by atoms with Gasteiger partial charge in [-0.25, -0.2) is 0 Å². The molecular weight excluding hydrogens is 490 g/mol. The van der Waals surface area contributed by atoms with Gasteiger partial charge in [0.1, 0.15) is 5.60 Å². The van der Waals surface area contributed by atoms with Gasteiger partial charge in [0, 0.05) is 12.5 Å². The van der Waals surface area contributed by atoms with Crippen LogP contribution in [0.1, 0.15) is 86.5 Å². The van der Waals surface area contributed by atoms with E-state index in [1.807, 2.05) is 0 Å². The van der Waals surface area contributed by atoms with E-state index in [1.54, 1.807) is 7.11 Å². The molecule has 39 heavy (non-hydrogen) atoms. The number of methoxy groups -OCH3 is 2. The Morgan fingerprint density at radius 2 is 1.67 bits per heavy atom. The number of hydrogen-bond donors (Lipinski definition) is 1. The van der Waals surface area contributed by atoms with Crippen molar-refractivity contribution in [1.82, 2.24) is 5.32 Å². The molecule has 214 valence electrons. The van der Waals surface area contributed by atoms with Crippen LogP contribution in [0.2, 0.25) is 0 Å². The average Bonchev–Trinajstić information content (AvgIpc) is 2.91. The third kappa shape index (κ3) is 3.34. The molecule has 0 bridgehead atoms. The second-order valence-corrected chi connectivity index (χ2v) is 14.9. The van der Waals surface area contributed by atoms with Crippen molar-refractivity contribution in [2.24, 2.45) is 33.0 Å². The number of ether oxygens (including phenoxy) is 3. The summed E-state index contributed by atoms with van der Waals surface area (Å²) < 4.78 is 17.4. The number of carbonyl (C=O) groups is 2. The third-order valence-corrected chi connectivity index (χ3v) is 13.2. The molecule has 1 saturated heterocycles. The number of esters is 2. The first-order chi connectivity index (χ1) is 18.2. The van der Waals surface area contributed by atoms with Gasteiger partial charge >= 0.3 is 11.9 Å². The first-order valence-electron chi connectivity index (χ1n) is 14.9. The molecule has 1 aliphatic heterocycles. The Morgan fingerprint density at radius 1 is 0.949 bits per heavy atom. The number of hydrogen-bond acceptors (Lipinski definition) is 6. The highest BCUT2D eigenvalue weighted by molar-refractivity contribution is 5.76. The van der Waals surface area contributed by atoms with Gasteiger partial charge in [-0.2, -0.15) is 0 Å². The maximum Gasteiger partial charge on any atom is 0.320 e. The Balaban J connectivity index is 1.46. The van der Waals surface area contributed by atoms with Gasteiger partial charge in [-0.1, -0.05) is 51.5 Å². The van der Waals surface area contributed by atoms with Crippen LogP contribution in [0.5, 0.6) is 0 Å². The van der Waals surface area contributed by atoms with E-state index >= 15 is 0 Å². The molecule has 0 aromatic heterocycles. The summed E-state index contributed by atoms with van der Waals surface area (Å²) in [6.07, 6.45) is 14.0. The van der Waals surface area contributed by atoms with Gasteiger partial charge in [0.05, 0.1) is 25.1 Å². The standard InChI is InChI=1S/C33H47NO5/c1-28-11-12-29(2,27(36)37-7)18-24(28)32(5)16-14-30(3)21-17-22-26(39-25(35)19-34-22)33(6,38-8)20(21)9-10-23(30)31(32,4)15-13-28/h9-10,17,22,24,26,34H,11-16,18-19H2,1-8H3/t22?,24-,26?,28-,29-,30+,31-,32+,33+/m1/s1. The Morgan fingerprint density at radius 3 is 2.36 bits per heavy atom. The number of carbonyl (C=O) groups excluding carboxylic acids is 2. The van der Waals surface area contributed by atoms with Crippen LogP contribution in [0.15, 0.2) is 34.9 Å². The predicted molar refractivity (Wildman–Crippen MR) is 150 cm³/mol. The summed E-state index contributed by atoms with van der Waals surface area (Å²) in [5.74, 6) is 0.172. The van der Waals surface area contributed by atoms with E-state index in [2.05, 4.69) is 65.1 Å². The summed E-state index contributed by atoms with van der Waals surface area (Å²) in [4.78, 5) is 25.2. The molecule has 6 nitrogen and oxygen atoms in total. The number of allylic oxidation sites excluding steroid dienone is 3. The van der Waals surface area contributed by atoms with Crippen LogP contribution in [0.4, 0.5) is 0 Å². The minimum Gasteiger partial charge on any atom is -0.469 e. The Bertz CT molecular complexity index is 1220. The monoisotopic (exact) mass is 537 g/mol. The highest BCUT2D eigenvalue weighted by Gasteiger charge is 2.68. The van der Waals surface area contributed by atoms with E-state index < -0.39 is 17.1 Å². The summed E-state index contributed by atoms with van der Waals surface area (Å²) >= 11 is 0. The fourth-order valence-corrected chi connectivity index (χ4v) is 10.2. The molecule has 1 heterocycles. The molecule has 0 aromatic carbocycles. The van der Waals surface area contributed by atoms with E-state index in [4.69, 9.17) is 14.2 Å². The van der Waals surface area contributed by atoms with Gasteiger partial charge in [-0.3, -0.25) is 14.9 Å². The Hall–Kier alpha value is -1.92. The molecule has 6 rings (SSSR count). The summed E-state index contributed by atoms with van der Waals surface area (Å²) in [7, 11) is 3.27. The minimum absolute atomic E-state index is 0.00813. The molecule has 4 fully saturated rings. The number of nitrogens with one attached hydrogen (secondary N) is 1. The van der Waals surface area contributed by atoms with Crippen molar-refractivity contribution in [2.75, 3.05) is 20.8 Å². The van der Waals surface area contributed by atoms with Crippen LogP contribution in [0.3, 0.4) is 0 Å².